The first kappa shape index (κ1) is 18.5. The highest BCUT2D eigenvalue weighted by Crippen LogP contribution is 2.32. The Labute approximate surface area is 158 Å². The Kier molecular flexibility index (Phi) is 5.85. The van der Waals surface area contributed by atoms with E-state index < -0.39 is 6.36 Å². The normalized spacial score (nSPS) is 17.3. The standard InChI is InChI=1S/C18H18F3IN2O/c19-18(20,21)25-16-6-4-13(5-7-16)17(24-10-8-23-9-11-24)14-2-1-3-15(22)12-14/h1-7,12,17,23H,8-11H2/t17-/m0/s1. The van der Waals surface area contributed by atoms with Crippen molar-refractivity contribution in [1.82, 2.24) is 10.2 Å². The molecule has 1 fully saturated rings. The second-order valence-electron chi connectivity index (χ2n) is 5.86. The molecule has 3 nitrogen and oxygen atoms in total. The fourth-order valence-corrected chi connectivity index (χ4v) is 3.65. The van der Waals surface area contributed by atoms with Crippen molar-refractivity contribution in [2.75, 3.05) is 26.2 Å². The van der Waals surface area contributed by atoms with Gasteiger partial charge in [0.1, 0.15) is 5.75 Å². The average Bonchev–Trinajstić information content (AvgIpc) is 2.56. The summed E-state index contributed by atoms with van der Waals surface area (Å²) >= 11 is 2.27. The third-order valence-corrected chi connectivity index (χ3v) is 4.78. The third-order valence-electron chi connectivity index (χ3n) is 4.11. The lowest BCUT2D eigenvalue weighted by atomic mass is 9.96. The van der Waals surface area contributed by atoms with E-state index in [1.165, 1.54) is 12.1 Å². The van der Waals surface area contributed by atoms with Gasteiger partial charge in [-0.25, -0.2) is 0 Å². The molecule has 134 valence electrons. The van der Waals surface area contributed by atoms with E-state index in [-0.39, 0.29) is 11.8 Å². The molecule has 2 aromatic rings. The fourth-order valence-electron chi connectivity index (χ4n) is 3.08. The third kappa shape index (κ3) is 5.08. The number of rotatable bonds is 4. The van der Waals surface area contributed by atoms with Gasteiger partial charge in [0, 0.05) is 29.7 Å². The highest BCUT2D eigenvalue weighted by atomic mass is 127. The van der Waals surface area contributed by atoms with Crippen LogP contribution in [-0.2, 0) is 0 Å². The minimum atomic E-state index is -4.67. The van der Waals surface area contributed by atoms with Crippen molar-refractivity contribution >= 4 is 22.6 Å². The highest BCUT2D eigenvalue weighted by Gasteiger charge is 2.31. The average molecular weight is 462 g/mol. The van der Waals surface area contributed by atoms with E-state index >= 15 is 0 Å². The van der Waals surface area contributed by atoms with Crippen LogP contribution in [0.3, 0.4) is 0 Å². The molecule has 0 saturated carbocycles. The zero-order chi connectivity index (χ0) is 17.9. The first-order chi connectivity index (χ1) is 11.9. The number of piperazine rings is 1. The molecule has 1 heterocycles. The molecule has 0 amide bonds. The van der Waals surface area contributed by atoms with Crippen molar-refractivity contribution in [3.05, 3.63) is 63.2 Å². The van der Waals surface area contributed by atoms with Gasteiger partial charge in [0.15, 0.2) is 0 Å². The van der Waals surface area contributed by atoms with Gasteiger partial charge in [-0.2, -0.15) is 0 Å². The Hall–Kier alpha value is -1.32. The van der Waals surface area contributed by atoms with Gasteiger partial charge in [-0.1, -0.05) is 24.3 Å². The summed E-state index contributed by atoms with van der Waals surface area (Å²) in [5, 5.41) is 3.33. The number of nitrogens with one attached hydrogen (secondary N) is 1. The quantitative estimate of drug-likeness (QED) is 0.691. The number of hydrogen-bond donors (Lipinski definition) is 1. The van der Waals surface area contributed by atoms with Crippen molar-refractivity contribution in [3.63, 3.8) is 0 Å². The summed E-state index contributed by atoms with van der Waals surface area (Å²) in [6.45, 7) is 3.57. The molecule has 0 aliphatic carbocycles. The molecule has 1 atom stereocenters. The topological polar surface area (TPSA) is 24.5 Å². The first-order valence-corrected chi connectivity index (χ1v) is 9.06. The molecular formula is C18H18F3IN2O. The van der Waals surface area contributed by atoms with Crippen LogP contribution in [0.15, 0.2) is 48.5 Å². The van der Waals surface area contributed by atoms with E-state index in [4.69, 9.17) is 0 Å². The summed E-state index contributed by atoms with van der Waals surface area (Å²) in [4.78, 5) is 2.35. The molecule has 3 rings (SSSR count). The Bertz CT molecular complexity index is 700. The van der Waals surface area contributed by atoms with Crippen molar-refractivity contribution in [2.45, 2.75) is 12.4 Å². The van der Waals surface area contributed by atoms with Gasteiger partial charge < -0.3 is 10.1 Å². The van der Waals surface area contributed by atoms with E-state index in [9.17, 15) is 13.2 Å². The number of halogens is 4. The number of alkyl halides is 3. The Balaban J connectivity index is 1.91. The molecule has 0 aromatic heterocycles. The lowest BCUT2D eigenvalue weighted by Crippen LogP contribution is -2.45. The van der Waals surface area contributed by atoms with Crippen LogP contribution in [0.4, 0.5) is 13.2 Å². The zero-order valence-corrected chi connectivity index (χ0v) is 15.5. The Morgan fingerprint density at radius 3 is 2.28 bits per heavy atom. The molecule has 0 radical (unpaired) electrons. The van der Waals surface area contributed by atoms with Crippen LogP contribution in [0, 0.1) is 3.57 Å². The van der Waals surface area contributed by atoms with E-state index in [1.807, 2.05) is 12.1 Å². The predicted molar refractivity (Wildman–Crippen MR) is 98.6 cm³/mol. The Morgan fingerprint density at radius 2 is 1.68 bits per heavy atom. The minimum absolute atomic E-state index is 0.0109. The van der Waals surface area contributed by atoms with Gasteiger partial charge in [0.05, 0.1) is 6.04 Å². The van der Waals surface area contributed by atoms with Crippen LogP contribution in [0.25, 0.3) is 0 Å². The molecule has 1 N–H and O–H groups in total. The maximum Gasteiger partial charge on any atom is 0.573 e. The monoisotopic (exact) mass is 462 g/mol. The molecule has 1 aliphatic rings. The maximum absolute atomic E-state index is 12.4. The summed E-state index contributed by atoms with van der Waals surface area (Å²) in [7, 11) is 0. The Morgan fingerprint density at radius 1 is 1.00 bits per heavy atom. The highest BCUT2D eigenvalue weighted by molar-refractivity contribution is 14.1. The summed E-state index contributed by atoms with van der Waals surface area (Å²) in [5.41, 5.74) is 2.09. The molecule has 0 unspecified atom stereocenters. The smallest absolute Gasteiger partial charge is 0.406 e. The van der Waals surface area contributed by atoms with Gasteiger partial charge in [-0.15, -0.1) is 13.2 Å². The largest absolute Gasteiger partial charge is 0.573 e. The van der Waals surface area contributed by atoms with Crippen molar-refractivity contribution in [2.24, 2.45) is 0 Å². The van der Waals surface area contributed by atoms with Gasteiger partial charge in [0.2, 0.25) is 0 Å². The second kappa shape index (κ2) is 7.92. The predicted octanol–water partition coefficient (Wildman–Crippen LogP) is 4.18. The van der Waals surface area contributed by atoms with Crippen LogP contribution in [0.5, 0.6) is 5.75 Å². The van der Waals surface area contributed by atoms with Crippen LogP contribution in [-0.4, -0.2) is 37.4 Å². The maximum atomic E-state index is 12.4. The SMILES string of the molecule is FC(F)(F)Oc1ccc([C@@H](c2cccc(I)c2)N2CCNCC2)cc1. The van der Waals surface area contributed by atoms with E-state index in [0.717, 1.165) is 40.9 Å². The molecular weight excluding hydrogens is 444 g/mol. The molecule has 25 heavy (non-hydrogen) atoms. The molecule has 0 spiro atoms. The van der Waals surface area contributed by atoms with Gasteiger partial charge in [0.25, 0.3) is 0 Å². The van der Waals surface area contributed by atoms with Gasteiger partial charge >= 0.3 is 6.36 Å². The summed E-state index contributed by atoms with van der Waals surface area (Å²) in [6, 6.07) is 14.4. The van der Waals surface area contributed by atoms with Crippen molar-refractivity contribution < 1.29 is 17.9 Å². The summed E-state index contributed by atoms with van der Waals surface area (Å²) in [5.74, 6) is -0.196. The number of ether oxygens (including phenoxy) is 1. The van der Waals surface area contributed by atoms with Crippen molar-refractivity contribution in [3.8, 4) is 5.75 Å². The molecule has 1 saturated heterocycles. The van der Waals surface area contributed by atoms with Gasteiger partial charge in [-0.05, 0) is 58.0 Å². The minimum Gasteiger partial charge on any atom is -0.406 e. The van der Waals surface area contributed by atoms with Gasteiger partial charge in [-0.3, -0.25) is 4.90 Å². The van der Waals surface area contributed by atoms with Crippen LogP contribution < -0.4 is 10.1 Å². The number of benzene rings is 2. The van der Waals surface area contributed by atoms with Crippen LogP contribution in [0.2, 0.25) is 0 Å². The molecule has 7 heteroatoms. The van der Waals surface area contributed by atoms with Crippen LogP contribution in [0.1, 0.15) is 17.2 Å². The first-order valence-electron chi connectivity index (χ1n) is 7.98. The lowest BCUT2D eigenvalue weighted by molar-refractivity contribution is -0.274. The molecule has 1 aliphatic heterocycles. The second-order valence-corrected chi connectivity index (χ2v) is 7.11. The molecule has 0 bridgehead atoms. The molecule has 2 aromatic carbocycles. The number of hydrogen-bond acceptors (Lipinski definition) is 3. The lowest BCUT2D eigenvalue weighted by Gasteiger charge is -2.35. The van der Waals surface area contributed by atoms with E-state index in [2.05, 4.69) is 49.7 Å². The fraction of sp³-hybridized carbons (Fsp3) is 0.333. The van der Waals surface area contributed by atoms with Crippen molar-refractivity contribution in [1.29, 1.82) is 0 Å². The van der Waals surface area contributed by atoms with E-state index in [0.29, 0.717) is 0 Å². The van der Waals surface area contributed by atoms with Crippen LogP contribution >= 0.6 is 22.6 Å². The zero-order valence-electron chi connectivity index (χ0n) is 13.4. The summed E-state index contributed by atoms with van der Waals surface area (Å²) < 4.78 is 42.2. The van der Waals surface area contributed by atoms with E-state index in [1.54, 1.807) is 12.1 Å². The summed E-state index contributed by atoms with van der Waals surface area (Å²) in [6.07, 6.45) is -4.67. The number of nitrogens with zero attached hydrogens (tertiary/aromatic N) is 1.